The first-order valence-corrected chi connectivity index (χ1v) is 5.67. The zero-order chi connectivity index (χ0) is 11.5. The van der Waals surface area contributed by atoms with Crippen LogP contribution in [0.3, 0.4) is 0 Å². The second-order valence-electron chi connectivity index (χ2n) is 3.48. The van der Waals surface area contributed by atoms with Crippen molar-refractivity contribution in [1.29, 1.82) is 0 Å². The molecule has 1 atom stereocenters. The van der Waals surface area contributed by atoms with Gasteiger partial charge in [-0.2, -0.15) is 5.10 Å². The molecule has 0 bridgehead atoms. The molecule has 5 heteroatoms. The number of aromatic nitrogens is 2. The van der Waals surface area contributed by atoms with Crippen molar-refractivity contribution in [3.8, 4) is 5.69 Å². The van der Waals surface area contributed by atoms with Gasteiger partial charge in [-0.05, 0) is 33.6 Å². The second-order valence-corrected chi connectivity index (χ2v) is 4.40. The number of hydrogen-bond donors (Lipinski definition) is 2. The van der Waals surface area contributed by atoms with Gasteiger partial charge in [-0.1, -0.05) is 12.1 Å². The Bertz CT molecular complexity index is 466. The molecule has 1 unspecified atom stereocenters. The van der Waals surface area contributed by atoms with Crippen LogP contribution in [0.15, 0.2) is 41.1 Å². The number of aliphatic hydroxyl groups excluding tert-OH is 1. The van der Waals surface area contributed by atoms with Crippen molar-refractivity contribution >= 4 is 15.9 Å². The molecule has 0 aliphatic heterocycles. The van der Waals surface area contributed by atoms with Gasteiger partial charge in [0, 0.05) is 6.20 Å². The molecule has 0 spiro atoms. The lowest BCUT2D eigenvalue weighted by molar-refractivity contribution is 0.268. The SMILES string of the molecule is NC(CO)c1ccc(-n2cc(Br)cn2)cc1. The summed E-state index contributed by atoms with van der Waals surface area (Å²) in [7, 11) is 0. The van der Waals surface area contributed by atoms with Crippen molar-refractivity contribution in [1.82, 2.24) is 9.78 Å². The number of hydrogen-bond acceptors (Lipinski definition) is 3. The maximum Gasteiger partial charge on any atom is 0.0646 e. The average Bonchev–Trinajstić information content (AvgIpc) is 2.75. The van der Waals surface area contributed by atoms with Gasteiger partial charge in [0.15, 0.2) is 0 Å². The summed E-state index contributed by atoms with van der Waals surface area (Å²) in [6.07, 6.45) is 3.61. The van der Waals surface area contributed by atoms with E-state index in [9.17, 15) is 0 Å². The minimum Gasteiger partial charge on any atom is -0.394 e. The van der Waals surface area contributed by atoms with Gasteiger partial charge in [-0.25, -0.2) is 4.68 Å². The highest BCUT2D eigenvalue weighted by atomic mass is 79.9. The molecule has 4 nitrogen and oxygen atoms in total. The molecule has 1 aromatic heterocycles. The average molecular weight is 282 g/mol. The number of nitrogens with zero attached hydrogens (tertiary/aromatic N) is 2. The van der Waals surface area contributed by atoms with Crippen LogP contribution in [0.5, 0.6) is 0 Å². The van der Waals surface area contributed by atoms with Crippen LogP contribution >= 0.6 is 15.9 Å². The number of nitrogens with two attached hydrogens (primary N) is 1. The van der Waals surface area contributed by atoms with E-state index < -0.39 is 0 Å². The fraction of sp³-hybridized carbons (Fsp3) is 0.182. The highest BCUT2D eigenvalue weighted by molar-refractivity contribution is 9.10. The third kappa shape index (κ3) is 2.32. The summed E-state index contributed by atoms with van der Waals surface area (Å²) in [5.41, 5.74) is 7.58. The fourth-order valence-corrected chi connectivity index (χ4v) is 1.71. The van der Waals surface area contributed by atoms with Crippen LogP contribution in [0.2, 0.25) is 0 Å². The van der Waals surface area contributed by atoms with Crippen LogP contribution in [0.4, 0.5) is 0 Å². The predicted molar refractivity (Wildman–Crippen MR) is 65.3 cm³/mol. The van der Waals surface area contributed by atoms with Gasteiger partial charge in [-0.3, -0.25) is 0 Å². The van der Waals surface area contributed by atoms with Crippen LogP contribution < -0.4 is 5.73 Å². The zero-order valence-electron chi connectivity index (χ0n) is 8.55. The Morgan fingerprint density at radius 1 is 1.38 bits per heavy atom. The Labute approximate surface area is 102 Å². The van der Waals surface area contributed by atoms with E-state index in [2.05, 4.69) is 21.0 Å². The lowest BCUT2D eigenvalue weighted by atomic mass is 10.1. The molecule has 0 aliphatic rings. The van der Waals surface area contributed by atoms with E-state index in [1.807, 2.05) is 30.5 Å². The number of aliphatic hydroxyl groups is 1. The number of halogens is 1. The third-order valence-electron chi connectivity index (χ3n) is 2.33. The normalized spacial score (nSPS) is 12.7. The van der Waals surface area contributed by atoms with Crippen molar-refractivity contribution < 1.29 is 5.11 Å². The highest BCUT2D eigenvalue weighted by Gasteiger charge is 2.04. The van der Waals surface area contributed by atoms with Gasteiger partial charge in [0.25, 0.3) is 0 Å². The molecular formula is C11H12BrN3O. The molecule has 3 N–H and O–H groups in total. The Hall–Kier alpha value is -1.17. The first-order valence-electron chi connectivity index (χ1n) is 4.87. The van der Waals surface area contributed by atoms with Crippen molar-refractivity contribution in [3.05, 3.63) is 46.7 Å². The topological polar surface area (TPSA) is 64.1 Å². The molecule has 2 aromatic rings. The maximum absolute atomic E-state index is 8.93. The second kappa shape index (κ2) is 4.78. The maximum atomic E-state index is 8.93. The molecule has 0 amide bonds. The van der Waals surface area contributed by atoms with E-state index in [1.54, 1.807) is 10.9 Å². The molecule has 84 valence electrons. The summed E-state index contributed by atoms with van der Waals surface area (Å²) in [5, 5.41) is 13.1. The first-order chi connectivity index (χ1) is 7.70. The minimum atomic E-state index is -0.321. The van der Waals surface area contributed by atoms with E-state index in [-0.39, 0.29) is 12.6 Å². The molecule has 1 aromatic carbocycles. The number of benzene rings is 1. The Morgan fingerprint density at radius 2 is 2.06 bits per heavy atom. The van der Waals surface area contributed by atoms with Gasteiger partial charge in [-0.15, -0.1) is 0 Å². The van der Waals surface area contributed by atoms with E-state index in [1.165, 1.54) is 0 Å². The summed E-state index contributed by atoms with van der Waals surface area (Å²) in [6.45, 7) is -0.0489. The molecule has 1 heterocycles. The van der Waals surface area contributed by atoms with Crippen molar-refractivity contribution in [2.75, 3.05) is 6.61 Å². The Kier molecular flexibility index (Phi) is 3.38. The molecule has 0 radical (unpaired) electrons. The quantitative estimate of drug-likeness (QED) is 0.899. The van der Waals surface area contributed by atoms with Crippen molar-refractivity contribution in [2.45, 2.75) is 6.04 Å². The van der Waals surface area contributed by atoms with Gasteiger partial charge in [0.05, 0.1) is 29.0 Å². The monoisotopic (exact) mass is 281 g/mol. The third-order valence-corrected chi connectivity index (χ3v) is 2.74. The van der Waals surface area contributed by atoms with E-state index >= 15 is 0 Å². The van der Waals surface area contributed by atoms with Crippen LogP contribution in [-0.4, -0.2) is 21.5 Å². The molecule has 0 fully saturated rings. The van der Waals surface area contributed by atoms with Crippen LogP contribution in [0.1, 0.15) is 11.6 Å². The molecule has 16 heavy (non-hydrogen) atoms. The summed E-state index contributed by atoms with van der Waals surface area (Å²) < 4.78 is 2.70. The zero-order valence-corrected chi connectivity index (χ0v) is 10.1. The smallest absolute Gasteiger partial charge is 0.0646 e. The van der Waals surface area contributed by atoms with Crippen LogP contribution in [0.25, 0.3) is 5.69 Å². The summed E-state index contributed by atoms with van der Waals surface area (Å²) in [6, 6.07) is 7.31. The largest absolute Gasteiger partial charge is 0.394 e. The standard InChI is InChI=1S/C11H12BrN3O/c12-9-5-14-15(6-9)10-3-1-8(2-4-10)11(13)7-16/h1-6,11,16H,7,13H2. The minimum absolute atomic E-state index is 0.0489. The van der Waals surface area contributed by atoms with Gasteiger partial charge in [0.2, 0.25) is 0 Å². The fourth-order valence-electron chi connectivity index (χ4n) is 1.42. The Balaban J connectivity index is 2.25. The lowest BCUT2D eigenvalue weighted by Gasteiger charge is -2.09. The molecule has 2 rings (SSSR count). The van der Waals surface area contributed by atoms with Gasteiger partial charge >= 0.3 is 0 Å². The van der Waals surface area contributed by atoms with Gasteiger partial charge in [0.1, 0.15) is 0 Å². The van der Waals surface area contributed by atoms with Gasteiger partial charge < -0.3 is 10.8 Å². The van der Waals surface area contributed by atoms with Crippen molar-refractivity contribution in [2.24, 2.45) is 5.73 Å². The summed E-state index contributed by atoms with van der Waals surface area (Å²) >= 11 is 3.34. The van der Waals surface area contributed by atoms with Crippen molar-refractivity contribution in [3.63, 3.8) is 0 Å². The Morgan fingerprint density at radius 3 is 2.56 bits per heavy atom. The summed E-state index contributed by atoms with van der Waals surface area (Å²) in [4.78, 5) is 0. The molecule has 0 saturated heterocycles. The highest BCUT2D eigenvalue weighted by Crippen LogP contribution is 2.15. The lowest BCUT2D eigenvalue weighted by Crippen LogP contribution is -2.14. The molecule has 0 aliphatic carbocycles. The van der Waals surface area contributed by atoms with E-state index in [0.717, 1.165) is 15.7 Å². The molecular weight excluding hydrogens is 270 g/mol. The predicted octanol–water partition coefficient (Wildman–Crippen LogP) is 1.63. The summed E-state index contributed by atoms with van der Waals surface area (Å²) in [5.74, 6) is 0. The molecule has 0 saturated carbocycles. The number of rotatable bonds is 3. The van der Waals surface area contributed by atoms with E-state index in [4.69, 9.17) is 10.8 Å². The van der Waals surface area contributed by atoms with Crippen LogP contribution in [-0.2, 0) is 0 Å². The van der Waals surface area contributed by atoms with E-state index in [0.29, 0.717) is 0 Å². The van der Waals surface area contributed by atoms with Crippen LogP contribution in [0, 0.1) is 0 Å². The first kappa shape index (κ1) is 11.3.